The molecular formula is C12H22N4O. The maximum Gasteiger partial charge on any atom is 0.223 e. The molecule has 0 unspecified atom stereocenters. The van der Waals surface area contributed by atoms with Crippen molar-refractivity contribution < 1.29 is 4.52 Å². The summed E-state index contributed by atoms with van der Waals surface area (Å²) in [7, 11) is 0. The van der Waals surface area contributed by atoms with Crippen molar-refractivity contribution in [2.75, 3.05) is 26.2 Å². The molecule has 0 amide bonds. The molecule has 1 N–H and O–H groups in total. The van der Waals surface area contributed by atoms with Gasteiger partial charge in [0, 0.05) is 25.9 Å². The second-order valence-corrected chi connectivity index (χ2v) is 4.65. The lowest BCUT2D eigenvalue weighted by Gasteiger charge is -2.31. The van der Waals surface area contributed by atoms with E-state index in [4.69, 9.17) is 4.52 Å². The van der Waals surface area contributed by atoms with Crippen LogP contribution < -0.4 is 5.32 Å². The highest BCUT2D eigenvalue weighted by molar-refractivity contribution is 4.86. The van der Waals surface area contributed by atoms with Crippen LogP contribution in [0, 0.1) is 6.92 Å². The molecule has 1 aromatic rings. The van der Waals surface area contributed by atoms with Crippen LogP contribution in [0.3, 0.4) is 0 Å². The van der Waals surface area contributed by atoms with Gasteiger partial charge in [0.2, 0.25) is 5.89 Å². The molecule has 1 fully saturated rings. The number of hydrogen-bond donors (Lipinski definition) is 1. The summed E-state index contributed by atoms with van der Waals surface area (Å²) in [5.41, 5.74) is 0. The Balaban J connectivity index is 1.68. The molecule has 0 spiro atoms. The molecule has 0 aliphatic carbocycles. The van der Waals surface area contributed by atoms with Gasteiger partial charge in [-0.3, -0.25) is 0 Å². The summed E-state index contributed by atoms with van der Waals surface area (Å²) < 4.78 is 4.96. The minimum Gasteiger partial charge on any atom is -0.340 e. The first-order valence-corrected chi connectivity index (χ1v) is 6.53. The molecule has 5 nitrogen and oxygen atoms in total. The van der Waals surface area contributed by atoms with Crippen LogP contribution in [0.5, 0.6) is 0 Å². The maximum absolute atomic E-state index is 4.96. The molecule has 5 heteroatoms. The summed E-state index contributed by atoms with van der Waals surface area (Å²) in [5, 5.41) is 7.44. The molecule has 2 heterocycles. The maximum atomic E-state index is 4.96. The number of piperidine rings is 1. The van der Waals surface area contributed by atoms with E-state index in [9.17, 15) is 0 Å². The zero-order valence-corrected chi connectivity index (χ0v) is 10.8. The Morgan fingerprint density at radius 3 is 2.76 bits per heavy atom. The first-order valence-electron chi connectivity index (χ1n) is 6.53. The number of nitrogens with one attached hydrogen (secondary N) is 1. The summed E-state index contributed by atoms with van der Waals surface area (Å²) in [6.07, 6.45) is 3.39. The highest BCUT2D eigenvalue weighted by Crippen LogP contribution is 2.10. The van der Waals surface area contributed by atoms with E-state index in [-0.39, 0.29) is 0 Å². The lowest BCUT2D eigenvalue weighted by atomic mass is 10.0. The van der Waals surface area contributed by atoms with E-state index in [1.165, 1.54) is 25.9 Å². The molecule has 0 aromatic carbocycles. The zero-order chi connectivity index (χ0) is 12.1. The number of aromatic nitrogens is 2. The first-order chi connectivity index (χ1) is 8.28. The summed E-state index contributed by atoms with van der Waals surface area (Å²) in [6, 6.07) is 0.712. The Labute approximate surface area is 103 Å². The van der Waals surface area contributed by atoms with Gasteiger partial charge in [-0.05, 0) is 32.5 Å². The van der Waals surface area contributed by atoms with Gasteiger partial charge >= 0.3 is 0 Å². The third-order valence-electron chi connectivity index (χ3n) is 3.30. The third-order valence-corrected chi connectivity index (χ3v) is 3.30. The molecule has 1 aliphatic rings. The van der Waals surface area contributed by atoms with E-state index >= 15 is 0 Å². The van der Waals surface area contributed by atoms with Gasteiger partial charge < -0.3 is 14.7 Å². The second kappa shape index (κ2) is 6.12. The monoisotopic (exact) mass is 238 g/mol. The minimum absolute atomic E-state index is 0.658. The molecule has 0 saturated carbocycles. The molecule has 1 aromatic heterocycles. The fourth-order valence-electron chi connectivity index (χ4n) is 2.35. The predicted molar refractivity (Wildman–Crippen MR) is 65.9 cm³/mol. The Morgan fingerprint density at radius 2 is 2.18 bits per heavy atom. The van der Waals surface area contributed by atoms with Gasteiger partial charge in [0.25, 0.3) is 0 Å². The Bertz CT molecular complexity index is 331. The lowest BCUT2D eigenvalue weighted by molar-refractivity contribution is 0.199. The largest absolute Gasteiger partial charge is 0.340 e. The molecule has 96 valence electrons. The number of likely N-dealkylation sites (tertiary alicyclic amines) is 1. The smallest absolute Gasteiger partial charge is 0.223 e. The van der Waals surface area contributed by atoms with Crippen molar-refractivity contribution in [1.29, 1.82) is 0 Å². The van der Waals surface area contributed by atoms with Crippen molar-refractivity contribution in [2.45, 2.75) is 39.2 Å². The SMILES string of the molecule is CCNC1CCN(CCc2noc(C)n2)CC1. The van der Waals surface area contributed by atoms with E-state index in [0.29, 0.717) is 11.9 Å². The van der Waals surface area contributed by atoms with Gasteiger partial charge in [-0.1, -0.05) is 12.1 Å². The molecule has 1 saturated heterocycles. The summed E-state index contributed by atoms with van der Waals surface area (Å²) >= 11 is 0. The predicted octanol–water partition coefficient (Wildman–Crippen LogP) is 0.994. The highest BCUT2D eigenvalue weighted by Gasteiger charge is 2.18. The van der Waals surface area contributed by atoms with Crippen LogP contribution in [0.1, 0.15) is 31.5 Å². The fourth-order valence-corrected chi connectivity index (χ4v) is 2.35. The van der Waals surface area contributed by atoms with Crippen LogP contribution in [-0.2, 0) is 6.42 Å². The quantitative estimate of drug-likeness (QED) is 0.829. The highest BCUT2D eigenvalue weighted by atomic mass is 16.5. The average Bonchev–Trinajstić information content (AvgIpc) is 2.75. The van der Waals surface area contributed by atoms with Crippen molar-refractivity contribution in [3.05, 3.63) is 11.7 Å². The van der Waals surface area contributed by atoms with Gasteiger partial charge in [-0.2, -0.15) is 4.98 Å². The Hall–Kier alpha value is -0.940. The van der Waals surface area contributed by atoms with Crippen molar-refractivity contribution in [3.63, 3.8) is 0 Å². The summed E-state index contributed by atoms with van der Waals surface area (Å²) in [4.78, 5) is 6.71. The Kier molecular flexibility index (Phi) is 4.50. The molecule has 0 atom stereocenters. The Morgan fingerprint density at radius 1 is 1.41 bits per heavy atom. The number of nitrogens with zero attached hydrogens (tertiary/aromatic N) is 3. The number of rotatable bonds is 5. The fraction of sp³-hybridized carbons (Fsp3) is 0.833. The van der Waals surface area contributed by atoms with Gasteiger partial charge in [-0.25, -0.2) is 0 Å². The van der Waals surface area contributed by atoms with Gasteiger partial charge in [0.1, 0.15) is 0 Å². The second-order valence-electron chi connectivity index (χ2n) is 4.65. The van der Waals surface area contributed by atoms with Gasteiger partial charge in [-0.15, -0.1) is 0 Å². The molecular weight excluding hydrogens is 216 g/mol. The topological polar surface area (TPSA) is 54.2 Å². The minimum atomic E-state index is 0.658. The molecule has 0 bridgehead atoms. The normalized spacial score (nSPS) is 18.7. The van der Waals surface area contributed by atoms with Crippen LogP contribution in [0.25, 0.3) is 0 Å². The van der Waals surface area contributed by atoms with Crippen molar-refractivity contribution in [1.82, 2.24) is 20.4 Å². The van der Waals surface area contributed by atoms with Crippen LogP contribution in [-0.4, -0.2) is 47.3 Å². The van der Waals surface area contributed by atoms with Crippen LogP contribution in [0.15, 0.2) is 4.52 Å². The van der Waals surface area contributed by atoms with E-state index in [2.05, 4.69) is 27.3 Å². The standard InChI is InChI=1S/C12H22N4O/c1-3-13-11-4-7-16(8-5-11)9-6-12-14-10(2)17-15-12/h11,13H,3-9H2,1-2H3. The zero-order valence-electron chi connectivity index (χ0n) is 10.8. The molecule has 0 radical (unpaired) electrons. The van der Waals surface area contributed by atoms with Crippen LogP contribution in [0.4, 0.5) is 0 Å². The van der Waals surface area contributed by atoms with E-state index in [0.717, 1.165) is 25.3 Å². The van der Waals surface area contributed by atoms with Crippen LogP contribution >= 0.6 is 0 Å². The number of hydrogen-bond acceptors (Lipinski definition) is 5. The molecule has 2 rings (SSSR count). The van der Waals surface area contributed by atoms with E-state index < -0.39 is 0 Å². The number of aryl methyl sites for hydroxylation is 1. The molecule has 1 aliphatic heterocycles. The van der Waals surface area contributed by atoms with Crippen LogP contribution in [0.2, 0.25) is 0 Å². The van der Waals surface area contributed by atoms with E-state index in [1.54, 1.807) is 0 Å². The average molecular weight is 238 g/mol. The summed E-state index contributed by atoms with van der Waals surface area (Å²) in [5.74, 6) is 1.49. The first kappa shape index (κ1) is 12.5. The third kappa shape index (κ3) is 3.78. The van der Waals surface area contributed by atoms with Crippen molar-refractivity contribution in [3.8, 4) is 0 Å². The van der Waals surface area contributed by atoms with Gasteiger partial charge in [0.15, 0.2) is 5.82 Å². The van der Waals surface area contributed by atoms with Crippen molar-refractivity contribution in [2.24, 2.45) is 0 Å². The van der Waals surface area contributed by atoms with E-state index in [1.807, 2.05) is 6.92 Å². The molecule has 17 heavy (non-hydrogen) atoms. The van der Waals surface area contributed by atoms with Crippen molar-refractivity contribution >= 4 is 0 Å². The lowest BCUT2D eigenvalue weighted by Crippen LogP contribution is -2.43. The van der Waals surface area contributed by atoms with Gasteiger partial charge in [0.05, 0.1) is 0 Å². The summed E-state index contributed by atoms with van der Waals surface area (Å²) in [6.45, 7) is 8.47.